The van der Waals surface area contributed by atoms with Crippen LogP contribution in [0.5, 0.6) is 0 Å². The van der Waals surface area contributed by atoms with Gasteiger partial charge in [0.05, 0.1) is 11.3 Å². The molecule has 0 fully saturated rings. The van der Waals surface area contributed by atoms with Crippen LogP contribution in [-0.2, 0) is 0 Å². The summed E-state index contributed by atoms with van der Waals surface area (Å²) in [6.07, 6.45) is 0. The molecule has 0 bridgehead atoms. The SMILES string of the molecule is CNC(=O)c1ccccc1NC(=S)NC(=O)c1ccc(C(C)C)cc1. The highest BCUT2D eigenvalue weighted by Gasteiger charge is 2.12. The van der Waals surface area contributed by atoms with E-state index in [4.69, 9.17) is 12.2 Å². The zero-order valence-corrected chi connectivity index (χ0v) is 15.2. The number of carbonyl (C=O) groups excluding carboxylic acids is 2. The summed E-state index contributed by atoms with van der Waals surface area (Å²) in [6.45, 7) is 4.19. The average molecular weight is 355 g/mol. The average Bonchev–Trinajstić information content (AvgIpc) is 2.61. The molecule has 0 saturated carbocycles. The fourth-order valence-electron chi connectivity index (χ4n) is 2.27. The number of anilines is 1. The molecule has 6 heteroatoms. The van der Waals surface area contributed by atoms with E-state index in [0.717, 1.165) is 5.56 Å². The topological polar surface area (TPSA) is 70.2 Å². The number of hydrogen-bond donors (Lipinski definition) is 3. The summed E-state index contributed by atoms with van der Waals surface area (Å²) in [5, 5.41) is 8.22. The monoisotopic (exact) mass is 355 g/mol. The lowest BCUT2D eigenvalue weighted by Crippen LogP contribution is -2.34. The van der Waals surface area contributed by atoms with Crippen molar-refractivity contribution in [3.63, 3.8) is 0 Å². The molecule has 0 aromatic heterocycles. The Morgan fingerprint density at radius 2 is 1.60 bits per heavy atom. The molecule has 0 aliphatic heterocycles. The van der Waals surface area contributed by atoms with E-state index in [0.29, 0.717) is 22.7 Å². The second-order valence-electron chi connectivity index (χ2n) is 5.81. The molecular weight excluding hydrogens is 334 g/mol. The lowest BCUT2D eigenvalue weighted by molar-refractivity contribution is 0.0961. The van der Waals surface area contributed by atoms with Gasteiger partial charge in [-0.25, -0.2) is 0 Å². The molecule has 0 aliphatic rings. The second kappa shape index (κ2) is 8.39. The first-order valence-corrected chi connectivity index (χ1v) is 8.36. The summed E-state index contributed by atoms with van der Waals surface area (Å²) in [4.78, 5) is 24.1. The zero-order valence-electron chi connectivity index (χ0n) is 14.4. The Kier molecular flexibility index (Phi) is 6.25. The number of amides is 2. The van der Waals surface area contributed by atoms with E-state index in [1.807, 2.05) is 12.1 Å². The molecule has 0 radical (unpaired) electrons. The maximum Gasteiger partial charge on any atom is 0.257 e. The maximum absolute atomic E-state index is 12.3. The van der Waals surface area contributed by atoms with Gasteiger partial charge >= 0.3 is 0 Å². The van der Waals surface area contributed by atoms with Crippen LogP contribution in [0, 0.1) is 0 Å². The molecule has 0 spiro atoms. The predicted molar refractivity (Wildman–Crippen MR) is 104 cm³/mol. The number of carbonyl (C=O) groups is 2. The summed E-state index contributed by atoms with van der Waals surface area (Å²) in [5.41, 5.74) is 2.66. The van der Waals surface area contributed by atoms with Crippen LogP contribution < -0.4 is 16.0 Å². The number of thiocarbonyl (C=S) groups is 1. The standard InChI is InChI=1S/C19H21N3O2S/c1-12(2)13-8-10-14(11-9-13)17(23)22-19(25)21-16-7-5-4-6-15(16)18(24)20-3/h4-12H,1-3H3,(H,20,24)(H2,21,22,23,25). The van der Waals surface area contributed by atoms with Crippen molar-refractivity contribution in [2.45, 2.75) is 19.8 Å². The van der Waals surface area contributed by atoms with Crippen LogP contribution >= 0.6 is 12.2 Å². The van der Waals surface area contributed by atoms with Gasteiger partial charge in [0.25, 0.3) is 11.8 Å². The van der Waals surface area contributed by atoms with Gasteiger partial charge in [0.1, 0.15) is 0 Å². The Balaban J connectivity index is 2.05. The van der Waals surface area contributed by atoms with E-state index in [1.165, 1.54) is 0 Å². The Morgan fingerprint density at radius 3 is 2.20 bits per heavy atom. The number of rotatable bonds is 4. The van der Waals surface area contributed by atoms with Crippen LogP contribution in [0.1, 0.15) is 46.0 Å². The van der Waals surface area contributed by atoms with Crippen LogP contribution in [0.2, 0.25) is 0 Å². The highest BCUT2D eigenvalue weighted by atomic mass is 32.1. The Bertz CT molecular complexity index is 786. The first-order valence-electron chi connectivity index (χ1n) is 7.95. The molecule has 0 saturated heterocycles. The van der Waals surface area contributed by atoms with Crippen molar-refractivity contribution >= 4 is 34.8 Å². The van der Waals surface area contributed by atoms with Gasteiger partial charge in [0.15, 0.2) is 5.11 Å². The number of nitrogens with one attached hydrogen (secondary N) is 3. The van der Waals surface area contributed by atoms with E-state index in [9.17, 15) is 9.59 Å². The second-order valence-corrected chi connectivity index (χ2v) is 6.22. The normalized spacial score (nSPS) is 10.2. The van der Waals surface area contributed by atoms with Gasteiger partial charge in [-0.2, -0.15) is 0 Å². The Hall–Kier alpha value is -2.73. The molecule has 2 amide bonds. The van der Waals surface area contributed by atoms with Crippen molar-refractivity contribution in [1.82, 2.24) is 10.6 Å². The lowest BCUT2D eigenvalue weighted by Gasteiger charge is -2.13. The molecule has 2 aromatic carbocycles. The molecule has 2 rings (SSSR count). The summed E-state index contributed by atoms with van der Waals surface area (Å²) in [6, 6.07) is 14.3. The molecule has 0 heterocycles. The predicted octanol–water partition coefficient (Wildman–Crippen LogP) is 3.30. The quantitative estimate of drug-likeness (QED) is 0.736. The van der Waals surface area contributed by atoms with Crippen molar-refractivity contribution in [3.05, 3.63) is 65.2 Å². The minimum absolute atomic E-state index is 0.134. The summed E-state index contributed by atoms with van der Waals surface area (Å²) >= 11 is 5.19. The van der Waals surface area contributed by atoms with E-state index in [2.05, 4.69) is 29.8 Å². The fourth-order valence-corrected chi connectivity index (χ4v) is 2.48. The summed E-state index contributed by atoms with van der Waals surface area (Å²) in [7, 11) is 1.56. The van der Waals surface area contributed by atoms with Crippen molar-refractivity contribution < 1.29 is 9.59 Å². The minimum Gasteiger partial charge on any atom is -0.355 e. The third-order valence-electron chi connectivity index (χ3n) is 3.71. The van der Waals surface area contributed by atoms with Crippen LogP contribution in [0.15, 0.2) is 48.5 Å². The highest BCUT2D eigenvalue weighted by Crippen LogP contribution is 2.16. The van der Waals surface area contributed by atoms with Crippen molar-refractivity contribution in [2.24, 2.45) is 0 Å². The van der Waals surface area contributed by atoms with E-state index in [-0.39, 0.29) is 16.9 Å². The third kappa shape index (κ3) is 4.87. The number of para-hydroxylation sites is 1. The van der Waals surface area contributed by atoms with Gasteiger partial charge in [-0.05, 0) is 48.0 Å². The van der Waals surface area contributed by atoms with E-state index >= 15 is 0 Å². The first kappa shape index (κ1) is 18.6. The molecule has 25 heavy (non-hydrogen) atoms. The van der Waals surface area contributed by atoms with Gasteiger partial charge in [0, 0.05) is 12.6 Å². The molecule has 0 unspecified atom stereocenters. The van der Waals surface area contributed by atoms with Crippen molar-refractivity contribution in [1.29, 1.82) is 0 Å². The van der Waals surface area contributed by atoms with Crippen LogP contribution in [0.25, 0.3) is 0 Å². The van der Waals surface area contributed by atoms with Crippen molar-refractivity contribution in [3.8, 4) is 0 Å². The smallest absolute Gasteiger partial charge is 0.257 e. The highest BCUT2D eigenvalue weighted by molar-refractivity contribution is 7.80. The van der Waals surface area contributed by atoms with Crippen LogP contribution in [0.3, 0.4) is 0 Å². The summed E-state index contributed by atoms with van der Waals surface area (Å²) in [5.74, 6) is -0.132. The largest absolute Gasteiger partial charge is 0.355 e. The zero-order chi connectivity index (χ0) is 18.4. The van der Waals surface area contributed by atoms with E-state index in [1.54, 1.807) is 43.4 Å². The van der Waals surface area contributed by atoms with Gasteiger partial charge in [-0.15, -0.1) is 0 Å². The lowest BCUT2D eigenvalue weighted by atomic mass is 10.0. The molecule has 0 aliphatic carbocycles. The van der Waals surface area contributed by atoms with Gasteiger partial charge in [0.2, 0.25) is 0 Å². The van der Waals surface area contributed by atoms with Crippen LogP contribution in [-0.4, -0.2) is 24.0 Å². The van der Waals surface area contributed by atoms with Crippen molar-refractivity contribution in [2.75, 3.05) is 12.4 Å². The minimum atomic E-state index is -0.301. The molecule has 0 atom stereocenters. The van der Waals surface area contributed by atoms with Gasteiger partial charge < -0.3 is 10.6 Å². The van der Waals surface area contributed by atoms with Gasteiger partial charge in [-0.1, -0.05) is 38.1 Å². The molecule has 130 valence electrons. The maximum atomic E-state index is 12.3. The Labute approximate surface area is 152 Å². The molecule has 3 N–H and O–H groups in total. The number of hydrogen-bond acceptors (Lipinski definition) is 3. The number of benzene rings is 2. The third-order valence-corrected chi connectivity index (χ3v) is 3.92. The van der Waals surface area contributed by atoms with E-state index < -0.39 is 0 Å². The summed E-state index contributed by atoms with van der Waals surface area (Å²) < 4.78 is 0. The molecular formula is C19H21N3O2S. The Morgan fingerprint density at radius 1 is 0.960 bits per heavy atom. The first-order chi connectivity index (χ1) is 11.9. The van der Waals surface area contributed by atoms with Crippen LogP contribution in [0.4, 0.5) is 5.69 Å². The molecule has 2 aromatic rings. The molecule has 5 nitrogen and oxygen atoms in total. The van der Waals surface area contributed by atoms with Gasteiger partial charge in [-0.3, -0.25) is 14.9 Å². The fraction of sp³-hybridized carbons (Fsp3) is 0.211.